The molecule has 1 aliphatic carbocycles. The number of hydrogen-bond donors (Lipinski definition) is 1. The lowest BCUT2D eigenvalue weighted by Gasteiger charge is -2.52. The Bertz CT molecular complexity index is 1010. The van der Waals surface area contributed by atoms with Crippen molar-refractivity contribution < 1.29 is 9.63 Å². The van der Waals surface area contributed by atoms with Crippen molar-refractivity contribution in [3.05, 3.63) is 65.3 Å². The minimum absolute atomic E-state index is 0.206. The largest absolute Gasteiger partial charge is 0.385 e. The van der Waals surface area contributed by atoms with Gasteiger partial charge in [0.25, 0.3) is 0 Å². The number of rotatable bonds is 4. The highest BCUT2D eigenvalue weighted by Gasteiger charge is 2.49. The Morgan fingerprint density at radius 1 is 1.13 bits per heavy atom. The standard InChI is InChI=1S/C23H25ClN4O2/c24-21-17(9-6-13-25-21)22-26-20(30-27-22)15-28-14-12-23(29,16-7-2-1-3-8-16)18-10-4-5-11-19(18)28/h1-3,6-9,13,18-19,29H,4-5,10-12,14-15H2/t18-,19-,23-/m0/s1. The van der Waals surface area contributed by atoms with Gasteiger partial charge in [-0.2, -0.15) is 4.98 Å². The zero-order chi connectivity index (χ0) is 20.6. The maximum absolute atomic E-state index is 11.7. The number of nitrogens with zero attached hydrogens (tertiary/aromatic N) is 4. The van der Waals surface area contributed by atoms with Gasteiger partial charge in [0.2, 0.25) is 11.7 Å². The predicted octanol–water partition coefficient (Wildman–Crippen LogP) is 4.44. The summed E-state index contributed by atoms with van der Waals surface area (Å²) in [5, 5.41) is 16.2. The van der Waals surface area contributed by atoms with Crippen LogP contribution < -0.4 is 0 Å². The molecule has 1 aliphatic heterocycles. The van der Waals surface area contributed by atoms with Crippen molar-refractivity contribution in [3.63, 3.8) is 0 Å². The van der Waals surface area contributed by atoms with Crippen LogP contribution in [0.15, 0.2) is 53.2 Å². The van der Waals surface area contributed by atoms with Crippen molar-refractivity contribution in [1.82, 2.24) is 20.0 Å². The SMILES string of the molecule is O[C@]1(c2ccccc2)CCN(Cc2nc(-c3cccnc3Cl)no2)[C@H]2CCCC[C@@H]21. The molecule has 7 heteroatoms. The molecule has 30 heavy (non-hydrogen) atoms. The first-order valence-electron chi connectivity index (χ1n) is 10.6. The Morgan fingerprint density at radius 3 is 2.80 bits per heavy atom. The van der Waals surface area contributed by atoms with Crippen LogP contribution in [0.2, 0.25) is 5.15 Å². The average molecular weight is 425 g/mol. The number of fused-ring (bicyclic) bond motifs is 1. The molecular weight excluding hydrogens is 400 g/mol. The van der Waals surface area contributed by atoms with Crippen molar-refractivity contribution in [2.45, 2.75) is 50.3 Å². The third kappa shape index (κ3) is 3.53. The smallest absolute Gasteiger partial charge is 0.241 e. The van der Waals surface area contributed by atoms with E-state index in [0.29, 0.717) is 41.4 Å². The van der Waals surface area contributed by atoms with E-state index in [1.807, 2.05) is 24.3 Å². The van der Waals surface area contributed by atoms with E-state index in [4.69, 9.17) is 16.1 Å². The van der Waals surface area contributed by atoms with Crippen LogP contribution in [0.4, 0.5) is 0 Å². The van der Waals surface area contributed by atoms with E-state index in [2.05, 4.69) is 32.2 Å². The van der Waals surface area contributed by atoms with Gasteiger partial charge in [0.05, 0.1) is 17.7 Å². The highest BCUT2D eigenvalue weighted by molar-refractivity contribution is 6.31. The zero-order valence-corrected chi connectivity index (χ0v) is 17.5. The van der Waals surface area contributed by atoms with Gasteiger partial charge in [-0.3, -0.25) is 4.90 Å². The molecule has 1 aromatic carbocycles. The van der Waals surface area contributed by atoms with Crippen LogP contribution in [0, 0.1) is 5.92 Å². The minimum atomic E-state index is -0.772. The molecule has 156 valence electrons. The van der Waals surface area contributed by atoms with Gasteiger partial charge in [0, 0.05) is 24.7 Å². The van der Waals surface area contributed by atoms with Crippen LogP contribution in [0.5, 0.6) is 0 Å². The van der Waals surface area contributed by atoms with E-state index in [0.717, 1.165) is 31.4 Å². The first-order valence-corrected chi connectivity index (χ1v) is 11.0. The molecule has 0 amide bonds. The minimum Gasteiger partial charge on any atom is -0.385 e. The fourth-order valence-electron chi connectivity index (χ4n) is 5.21. The molecule has 0 spiro atoms. The van der Waals surface area contributed by atoms with E-state index in [9.17, 15) is 5.11 Å². The summed E-state index contributed by atoms with van der Waals surface area (Å²) in [6, 6.07) is 14.1. The Balaban J connectivity index is 1.37. The van der Waals surface area contributed by atoms with Gasteiger partial charge in [-0.15, -0.1) is 0 Å². The van der Waals surface area contributed by atoms with Gasteiger partial charge in [-0.25, -0.2) is 4.98 Å². The molecule has 1 saturated carbocycles. The number of likely N-dealkylation sites (tertiary alicyclic amines) is 1. The monoisotopic (exact) mass is 424 g/mol. The fourth-order valence-corrected chi connectivity index (χ4v) is 5.41. The maximum atomic E-state index is 11.7. The summed E-state index contributed by atoms with van der Waals surface area (Å²) >= 11 is 6.17. The quantitative estimate of drug-likeness (QED) is 0.624. The normalized spacial score (nSPS) is 27.0. The molecular formula is C23H25ClN4O2. The second-order valence-corrected chi connectivity index (χ2v) is 8.68. The number of hydrogen-bond acceptors (Lipinski definition) is 6. The second kappa shape index (κ2) is 8.10. The van der Waals surface area contributed by atoms with Gasteiger partial charge in [-0.1, -0.05) is 59.9 Å². The van der Waals surface area contributed by atoms with Gasteiger partial charge in [0.15, 0.2) is 0 Å². The predicted molar refractivity (Wildman–Crippen MR) is 114 cm³/mol. The molecule has 6 nitrogen and oxygen atoms in total. The van der Waals surface area contributed by atoms with Gasteiger partial charge in [0.1, 0.15) is 5.15 Å². The van der Waals surface area contributed by atoms with Gasteiger partial charge in [-0.05, 0) is 37.0 Å². The number of halogens is 1. The van der Waals surface area contributed by atoms with E-state index < -0.39 is 5.60 Å². The summed E-state index contributed by atoms with van der Waals surface area (Å²) in [6.45, 7) is 1.37. The topological polar surface area (TPSA) is 75.3 Å². The third-order valence-electron chi connectivity index (χ3n) is 6.67. The van der Waals surface area contributed by atoms with Crippen molar-refractivity contribution in [3.8, 4) is 11.4 Å². The van der Waals surface area contributed by atoms with Crippen LogP contribution in [-0.4, -0.2) is 37.7 Å². The highest BCUT2D eigenvalue weighted by atomic mass is 35.5. The first-order chi connectivity index (χ1) is 14.6. The molecule has 5 rings (SSSR count). The Hall–Kier alpha value is -2.28. The lowest BCUT2D eigenvalue weighted by atomic mass is 9.66. The van der Waals surface area contributed by atoms with Gasteiger partial charge >= 0.3 is 0 Å². The van der Waals surface area contributed by atoms with Crippen molar-refractivity contribution >= 4 is 11.6 Å². The van der Waals surface area contributed by atoms with Crippen LogP contribution in [0.3, 0.4) is 0 Å². The average Bonchev–Trinajstić information content (AvgIpc) is 3.25. The Labute approximate surface area is 180 Å². The molecule has 3 aromatic rings. The summed E-state index contributed by atoms with van der Waals surface area (Å²) < 4.78 is 5.54. The molecule has 0 unspecified atom stereocenters. The van der Waals surface area contributed by atoms with Crippen LogP contribution in [0.1, 0.15) is 43.6 Å². The second-order valence-electron chi connectivity index (χ2n) is 8.32. The van der Waals surface area contributed by atoms with Gasteiger partial charge < -0.3 is 9.63 Å². The van der Waals surface area contributed by atoms with Crippen molar-refractivity contribution in [2.24, 2.45) is 5.92 Å². The van der Waals surface area contributed by atoms with E-state index in [1.165, 1.54) is 6.42 Å². The number of piperidine rings is 1. The number of aromatic nitrogens is 3. The van der Waals surface area contributed by atoms with E-state index in [1.54, 1.807) is 12.3 Å². The lowest BCUT2D eigenvalue weighted by Crippen LogP contribution is -2.57. The number of pyridine rings is 1. The molecule has 3 heterocycles. The summed E-state index contributed by atoms with van der Waals surface area (Å²) in [5.41, 5.74) is 0.932. The van der Waals surface area contributed by atoms with Crippen LogP contribution in [0.25, 0.3) is 11.4 Å². The summed E-state index contributed by atoms with van der Waals surface area (Å²) in [5.74, 6) is 1.23. The number of benzene rings is 1. The third-order valence-corrected chi connectivity index (χ3v) is 6.97. The van der Waals surface area contributed by atoms with Crippen molar-refractivity contribution in [1.29, 1.82) is 0 Å². The van der Waals surface area contributed by atoms with Crippen LogP contribution in [-0.2, 0) is 12.1 Å². The molecule has 0 radical (unpaired) electrons. The first kappa shape index (κ1) is 19.7. The molecule has 1 saturated heterocycles. The molecule has 0 bridgehead atoms. The fraction of sp³-hybridized carbons (Fsp3) is 0.435. The molecule has 2 fully saturated rings. The Morgan fingerprint density at radius 2 is 1.97 bits per heavy atom. The number of aliphatic hydroxyl groups is 1. The maximum Gasteiger partial charge on any atom is 0.241 e. The van der Waals surface area contributed by atoms with E-state index in [-0.39, 0.29) is 5.92 Å². The van der Waals surface area contributed by atoms with Crippen LogP contribution >= 0.6 is 11.6 Å². The molecule has 2 aliphatic rings. The van der Waals surface area contributed by atoms with Crippen molar-refractivity contribution in [2.75, 3.05) is 6.54 Å². The summed E-state index contributed by atoms with van der Waals surface area (Å²) in [7, 11) is 0. The summed E-state index contributed by atoms with van der Waals surface area (Å²) in [6.07, 6.45) is 6.80. The molecule has 3 atom stereocenters. The lowest BCUT2D eigenvalue weighted by molar-refractivity contribution is -0.124. The molecule has 1 N–H and O–H groups in total. The highest BCUT2D eigenvalue weighted by Crippen LogP contribution is 2.47. The molecule has 2 aromatic heterocycles. The zero-order valence-electron chi connectivity index (χ0n) is 16.7. The Kier molecular flexibility index (Phi) is 5.31. The summed E-state index contributed by atoms with van der Waals surface area (Å²) in [4.78, 5) is 11.1. The van der Waals surface area contributed by atoms with E-state index >= 15 is 0 Å².